The second kappa shape index (κ2) is 5.11. The fourth-order valence-electron chi connectivity index (χ4n) is 1.71. The minimum absolute atomic E-state index is 0.468. The maximum atomic E-state index is 11.6. The van der Waals surface area contributed by atoms with Gasteiger partial charge in [-0.2, -0.15) is 0 Å². The van der Waals surface area contributed by atoms with E-state index in [9.17, 15) is 4.21 Å². The quantitative estimate of drug-likeness (QED) is 0.735. The van der Waals surface area contributed by atoms with E-state index in [1.807, 2.05) is 0 Å². The van der Waals surface area contributed by atoms with Crippen LogP contribution in [0.1, 0.15) is 27.2 Å². The standard InChI is InChI=1S/C10H21NOS/c1-4-9(3)10-7-13(12)6-8(2)5-11-10/h8-11H,4-7H2,1-3H3. The van der Waals surface area contributed by atoms with Gasteiger partial charge in [0.1, 0.15) is 0 Å². The maximum absolute atomic E-state index is 11.6. The summed E-state index contributed by atoms with van der Waals surface area (Å²) in [6.07, 6.45) is 1.17. The highest BCUT2D eigenvalue weighted by molar-refractivity contribution is 7.85. The number of nitrogens with one attached hydrogen (secondary N) is 1. The molecule has 1 saturated heterocycles. The van der Waals surface area contributed by atoms with E-state index in [0.29, 0.717) is 17.9 Å². The predicted molar refractivity (Wildman–Crippen MR) is 58.3 cm³/mol. The molecule has 1 fully saturated rings. The highest BCUT2D eigenvalue weighted by atomic mass is 32.2. The average Bonchev–Trinajstić information content (AvgIpc) is 2.25. The monoisotopic (exact) mass is 203 g/mol. The lowest BCUT2D eigenvalue weighted by atomic mass is 10.0. The van der Waals surface area contributed by atoms with Gasteiger partial charge in [-0.1, -0.05) is 27.2 Å². The third kappa shape index (κ3) is 3.39. The molecule has 1 aliphatic heterocycles. The third-order valence-electron chi connectivity index (χ3n) is 2.90. The number of rotatable bonds is 2. The minimum Gasteiger partial charge on any atom is -0.313 e. The first-order valence-corrected chi connectivity index (χ1v) is 6.70. The van der Waals surface area contributed by atoms with E-state index in [1.54, 1.807) is 0 Å². The van der Waals surface area contributed by atoms with Crippen LogP contribution < -0.4 is 5.32 Å². The van der Waals surface area contributed by atoms with Crippen LogP contribution in [0.25, 0.3) is 0 Å². The van der Waals surface area contributed by atoms with Crippen molar-refractivity contribution in [2.75, 3.05) is 18.1 Å². The zero-order valence-corrected chi connectivity index (χ0v) is 9.69. The molecule has 0 aromatic heterocycles. The molecule has 1 heterocycles. The summed E-state index contributed by atoms with van der Waals surface area (Å²) in [5.74, 6) is 2.93. The van der Waals surface area contributed by atoms with Gasteiger partial charge in [0, 0.05) is 28.3 Å². The smallest absolute Gasteiger partial charge is 0.0391 e. The predicted octanol–water partition coefficient (Wildman–Crippen LogP) is 1.39. The molecular formula is C10H21NOS. The molecule has 0 aromatic carbocycles. The molecule has 1 aliphatic rings. The molecule has 2 nitrogen and oxygen atoms in total. The Hall–Kier alpha value is 0.110. The van der Waals surface area contributed by atoms with Gasteiger partial charge in [-0.3, -0.25) is 4.21 Å². The fourth-order valence-corrected chi connectivity index (χ4v) is 3.44. The second-order valence-corrected chi connectivity index (χ2v) is 5.82. The van der Waals surface area contributed by atoms with Gasteiger partial charge < -0.3 is 5.32 Å². The normalized spacial score (nSPS) is 38.2. The molecule has 0 aliphatic carbocycles. The van der Waals surface area contributed by atoms with Crippen molar-refractivity contribution in [2.45, 2.75) is 33.2 Å². The summed E-state index contributed by atoms with van der Waals surface area (Å²) in [5.41, 5.74) is 0. The van der Waals surface area contributed by atoms with Crippen molar-refractivity contribution in [1.82, 2.24) is 5.32 Å². The molecule has 13 heavy (non-hydrogen) atoms. The van der Waals surface area contributed by atoms with Crippen LogP contribution in [0.5, 0.6) is 0 Å². The Morgan fingerprint density at radius 3 is 2.85 bits per heavy atom. The first kappa shape index (κ1) is 11.2. The Morgan fingerprint density at radius 1 is 1.54 bits per heavy atom. The largest absolute Gasteiger partial charge is 0.313 e. The third-order valence-corrected chi connectivity index (χ3v) is 4.57. The summed E-state index contributed by atoms with van der Waals surface area (Å²) in [7, 11) is -0.602. The molecule has 0 amide bonds. The molecule has 78 valence electrons. The maximum Gasteiger partial charge on any atom is 0.0391 e. The summed E-state index contributed by atoms with van der Waals surface area (Å²) in [5, 5.41) is 3.52. The van der Waals surface area contributed by atoms with Crippen molar-refractivity contribution in [2.24, 2.45) is 11.8 Å². The van der Waals surface area contributed by atoms with Crippen LogP contribution in [0.2, 0.25) is 0 Å². The fraction of sp³-hybridized carbons (Fsp3) is 1.00. The first-order chi connectivity index (χ1) is 6.13. The van der Waals surface area contributed by atoms with E-state index < -0.39 is 10.8 Å². The zero-order valence-electron chi connectivity index (χ0n) is 8.88. The van der Waals surface area contributed by atoms with Gasteiger partial charge in [-0.25, -0.2) is 0 Å². The second-order valence-electron chi connectivity index (χ2n) is 4.28. The summed E-state index contributed by atoms with van der Waals surface area (Å²) in [6.45, 7) is 7.64. The first-order valence-electron chi connectivity index (χ1n) is 5.21. The van der Waals surface area contributed by atoms with Crippen molar-refractivity contribution in [3.8, 4) is 0 Å². The van der Waals surface area contributed by atoms with Gasteiger partial charge in [0.15, 0.2) is 0 Å². The lowest BCUT2D eigenvalue weighted by Gasteiger charge is -2.21. The van der Waals surface area contributed by atoms with Crippen LogP contribution in [0.3, 0.4) is 0 Å². The summed E-state index contributed by atoms with van der Waals surface area (Å²) >= 11 is 0. The Labute approximate surface area is 83.9 Å². The molecule has 4 atom stereocenters. The molecule has 0 aromatic rings. The zero-order chi connectivity index (χ0) is 9.84. The van der Waals surface area contributed by atoms with Gasteiger partial charge in [0.25, 0.3) is 0 Å². The van der Waals surface area contributed by atoms with Crippen molar-refractivity contribution >= 4 is 10.8 Å². The van der Waals surface area contributed by atoms with Crippen LogP contribution in [0.4, 0.5) is 0 Å². The Kier molecular flexibility index (Phi) is 4.39. The Morgan fingerprint density at radius 2 is 2.23 bits per heavy atom. The highest BCUT2D eigenvalue weighted by Crippen LogP contribution is 2.13. The lowest BCUT2D eigenvalue weighted by Crippen LogP contribution is -2.38. The Balaban J connectivity index is 2.52. The number of hydrogen-bond donors (Lipinski definition) is 1. The van der Waals surface area contributed by atoms with Crippen molar-refractivity contribution in [3.63, 3.8) is 0 Å². The van der Waals surface area contributed by atoms with E-state index >= 15 is 0 Å². The molecule has 0 bridgehead atoms. The van der Waals surface area contributed by atoms with Crippen LogP contribution in [0.15, 0.2) is 0 Å². The van der Waals surface area contributed by atoms with E-state index in [4.69, 9.17) is 0 Å². The van der Waals surface area contributed by atoms with Crippen molar-refractivity contribution in [3.05, 3.63) is 0 Å². The topological polar surface area (TPSA) is 29.1 Å². The van der Waals surface area contributed by atoms with E-state index in [2.05, 4.69) is 26.1 Å². The van der Waals surface area contributed by atoms with Gasteiger partial charge >= 0.3 is 0 Å². The molecule has 4 unspecified atom stereocenters. The molecule has 1 rings (SSSR count). The Bertz CT molecular complexity index is 184. The van der Waals surface area contributed by atoms with Gasteiger partial charge in [0.05, 0.1) is 0 Å². The highest BCUT2D eigenvalue weighted by Gasteiger charge is 2.23. The van der Waals surface area contributed by atoms with E-state index in [0.717, 1.165) is 18.1 Å². The lowest BCUT2D eigenvalue weighted by molar-refractivity contribution is 0.384. The number of hydrogen-bond acceptors (Lipinski definition) is 2. The molecule has 0 saturated carbocycles. The van der Waals surface area contributed by atoms with Crippen LogP contribution in [-0.2, 0) is 10.8 Å². The molecular weight excluding hydrogens is 182 g/mol. The molecule has 0 radical (unpaired) electrons. The van der Waals surface area contributed by atoms with Crippen LogP contribution in [-0.4, -0.2) is 28.3 Å². The summed E-state index contributed by atoms with van der Waals surface area (Å²) < 4.78 is 11.6. The molecule has 1 N–H and O–H groups in total. The molecule has 0 spiro atoms. The van der Waals surface area contributed by atoms with Crippen LogP contribution in [0, 0.1) is 11.8 Å². The molecule has 3 heteroatoms. The van der Waals surface area contributed by atoms with E-state index in [-0.39, 0.29) is 0 Å². The minimum atomic E-state index is -0.602. The van der Waals surface area contributed by atoms with E-state index in [1.165, 1.54) is 6.42 Å². The summed E-state index contributed by atoms with van der Waals surface area (Å²) in [6, 6.07) is 0.468. The van der Waals surface area contributed by atoms with Gasteiger partial charge in [-0.05, 0) is 18.4 Å². The van der Waals surface area contributed by atoms with Gasteiger partial charge in [-0.15, -0.1) is 0 Å². The van der Waals surface area contributed by atoms with Crippen molar-refractivity contribution in [1.29, 1.82) is 0 Å². The average molecular weight is 203 g/mol. The van der Waals surface area contributed by atoms with Gasteiger partial charge in [0.2, 0.25) is 0 Å². The van der Waals surface area contributed by atoms with Crippen molar-refractivity contribution < 1.29 is 4.21 Å². The SMILES string of the molecule is CCC(C)C1CS(=O)CC(C)CN1. The summed E-state index contributed by atoms with van der Waals surface area (Å²) in [4.78, 5) is 0. The van der Waals surface area contributed by atoms with Crippen LogP contribution >= 0.6 is 0 Å².